The molecule has 0 fully saturated rings. The van der Waals surface area contributed by atoms with Crippen molar-refractivity contribution >= 4 is 29.0 Å². The van der Waals surface area contributed by atoms with E-state index in [0.29, 0.717) is 17.9 Å². The third kappa shape index (κ3) is 4.79. The van der Waals surface area contributed by atoms with E-state index in [9.17, 15) is 9.18 Å². The van der Waals surface area contributed by atoms with Gasteiger partial charge in [0, 0.05) is 28.4 Å². The number of hydrogen-bond acceptors (Lipinski definition) is 3. The van der Waals surface area contributed by atoms with Crippen LogP contribution in [-0.2, 0) is 4.79 Å². The van der Waals surface area contributed by atoms with Crippen LogP contribution >= 0.6 is 11.8 Å². The second-order valence-corrected chi connectivity index (χ2v) is 5.84. The number of halogens is 1. The van der Waals surface area contributed by atoms with Gasteiger partial charge in [-0.1, -0.05) is 6.07 Å². The van der Waals surface area contributed by atoms with E-state index in [1.807, 2.05) is 25.1 Å². The van der Waals surface area contributed by atoms with Crippen molar-refractivity contribution in [1.82, 2.24) is 0 Å². The second-order valence-electron chi connectivity index (χ2n) is 4.68. The summed E-state index contributed by atoms with van der Waals surface area (Å²) in [7, 11) is 0. The zero-order chi connectivity index (χ0) is 15.2. The third-order valence-electron chi connectivity index (χ3n) is 2.95. The SMILES string of the molecule is Cc1cc(SCCC(=O)Nc2cccc(F)c2)ccc1N. The van der Waals surface area contributed by atoms with Crippen LogP contribution in [0.15, 0.2) is 47.4 Å². The number of nitrogens with one attached hydrogen (secondary N) is 1. The summed E-state index contributed by atoms with van der Waals surface area (Å²) in [4.78, 5) is 12.9. The van der Waals surface area contributed by atoms with Crippen LogP contribution in [0.25, 0.3) is 0 Å². The zero-order valence-electron chi connectivity index (χ0n) is 11.7. The van der Waals surface area contributed by atoms with Crippen molar-refractivity contribution in [2.45, 2.75) is 18.2 Å². The van der Waals surface area contributed by atoms with E-state index in [0.717, 1.165) is 16.1 Å². The topological polar surface area (TPSA) is 55.1 Å². The molecule has 0 radical (unpaired) electrons. The fraction of sp³-hybridized carbons (Fsp3) is 0.188. The Morgan fingerprint density at radius 3 is 2.81 bits per heavy atom. The van der Waals surface area contributed by atoms with Crippen molar-refractivity contribution in [3.63, 3.8) is 0 Å². The van der Waals surface area contributed by atoms with Gasteiger partial charge in [-0.3, -0.25) is 4.79 Å². The number of nitrogen functional groups attached to an aromatic ring is 1. The quantitative estimate of drug-likeness (QED) is 0.652. The molecule has 0 heterocycles. The van der Waals surface area contributed by atoms with E-state index in [4.69, 9.17) is 5.73 Å². The summed E-state index contributed by atoms with van der Waals surface area (Å²) in [5.74, 6) is 0.171. The van der Waals surface area contributed by atoms with Crippen LogP contribution in [0.1, 0.15) is 12.0 Å². The number of aryl methyl sites for hydroxylation is 1. The maximum Gasteiger partial charge on any atom is 0.225 e. The summed E-state index contributed by atoms with van der Waals surface area (Å²) in [5, 5.41) is 2.68. The number of anilines is 2. The van der Waals surface area contributed by atoms with Gasteiger partial charge in [0.05, 0.1) is 0 Å². The van der Waals surface area contributed by atoms with Crippen molar-refractivity contribution < 1.29 is 9.18 Å². The highest BCUT2D eigenvalue weighted by molar-refractivity contribution is 7.99. The highest BCUT2D eigenvalue weighted by Gasteiger charge is 2.04. The molecule has 110 valence electrons. The molecular weight excluding hydrogens is 287 g/mol. The van der Waals surface area contributed by atoms with Crippen LogP contribution < -0.4 is 11.1 Å². The maximum atomic E-state index is 13.0. The number of carbonyl (C=O) groups is 1. The first-order valence-corrected chi connectivity index (χ1v) is 7.57. The molecule has 21 heavy (non-hydrogen) atoms. The van der Waals surface area contributed by atoms with Gasteiger partial charge >= 0.3 is 0 Å². The van der Waals surface area contributed by atoms with Gasteiger partial charge in [-0.25, -0.2) is 4.39 Å². The van der Waals surface area contributed by atoms with Crippen molar-refractivity contribution in [2.75, 3.05) is 16.8 Å². The predicted molar refractivity (Wildman–Crippen MR) is 86.0 cm³/mol. The van der Waals surface area contributed by atoms with Crippen LogP contribution in [0.2, 0.25) is 0 Å². The van der Waals surface area contributed by atoms with Gasteiger partial charge in [-0.2, -0.15) is 0 Å². The Kier molecular flexibility index (Phi) is 5.22. The lowest BCUT2D eigenvalue weighted by Gasteiger charge is -2.06. The molecule has 3 nitrogen and oxygen atoms in total. The minimum absolute atomic E-state index is 0.125. The molecule has 5 heteroatoms. The maximum absolute atomic E-state index is 13.0. The largest absolute Gasteiger partial charge is 0.399 e. The Labute approximate surface area is 127 Å². The molecular formula is C16H17FN2OS. The number of rotatable bonds is 5. The molecule has 0 aliphatic carbocycles. The normalized spacial score (nSPS) is 10.4. The number of nitrogens with two attached hydrogens (primary N) is 1. The number of carbonyl (C=O) groups excluding carboxylic acids is 1. The fourth-order valence-electron chi connectivity index (χ4n) is 1.79. The lowest BCUT2D eigenvalue weighted by Crippen LogP contribution is -2.12. The van der Waals surface area contributed by atoms with Crippen LogP contribution in [0.5, 0.6) is 0 Å². The van der Waals surface area contributed by atoms with Crippen LogP contribution in [0.3, 0.4) is 0 Å². The zero-order valence-corrected chi connectivity index (χ0v) is 12.5. The molecule has 3 N–H and O–H groups in total. The highest BCUT2D eigenvalue weighted by atomic mass is 32.2. The molecule has 0 aliphatic rings. The molecule has 0 saturated carbocycles. The molecule has 1 amide bonds. The van der Waals surface area contributed by atoms with E-state index < -0.39 is 0 Å². The molecule has 0 bridgehead atoms. The van der Waals surface area contributed by atoms with Crippen molar-refractivity contribution in [1.29, 1.82) is 0 Å². The molecule has 0 atom stereocenters. The predicted octanol–water partition coefficient (Wildman–Crippen LogP) is 3.84. The summed E-state index contributed by atoms with van der Waals surface area (Å²) in [5.41, 5.74) is 8.04. The lowest BCUT2D eigenvalue weighted by atomic mass is 10.2. The van der Waals surface area contributed by atoms with Gasteiger partial charge < -0.3 is 11.1 Å². The van der Waals surface area contributed by atoms with E-state index in [1.54, 1.807) is 23.9 Å². The second kappa shape index (κ2) is 7.13. The summed E-state index contributed by atoms with van der Waals surface area (Å²) < 4.78 is 13.0. The summed E-state index contributed by atoms with van der Waals surface area (Å²) in [6.07, 6.45) is 0.366. The molecule has 2 aromatic carbocycles. The Bertz CT molecular complexity index is 646. The average Bonchev–Trinajstić information content (AvgIpc) is 2.43. The summed E-state index contributed by atoms with van der Waals surface area (Å²) in [6, 6.07) is 11.7. The van der Waals surface area contributed by atoms with E-state index in [-0.39, 0.29) is 11.7 Å². The fourth-order valence-corrected chi connectivity index (χ4v) is 2.74. The molecule has 0 aromatic heterocycles. The van der Waals surface area contributed by atoms with Gasteiger partial charge in [0.15, 0.2) is 0 Å². The van der Waals surface area contributed by atoms with Crippen LogP contribution in [0.4, 0.5) is 15.8 Å². The number of benzene rings is 2. The van der Waals surface area contributed by atoms with Gasteiger partial charge in [-0.05, 0) is 48.9 Å². The smallest absolute Gasteiger partial charge is 0.225 e. The molecule has 0 spiro atoms. The Morgan fingerprint density at radius 1 is 1.29 bits per heavy atom. The monoisotopic (exact) mass is 304 g/mol. The van der Waals surface area contributed by atoms with Crippen molar-refractivity contribution in [2.24, 2.45) is 0 Å². The van der Waals surface area contributed by atoms with Crippen LogP contribution in [-0.4, -0.2) is 11.7 Å². The van der Waals surface area contributed by atoms with Gasteiger partial charge in [0.25, 0.3) is 0 Å². The molecule has 2 rings (SSSR count). The summed E-state index contributed by atoms with van der Waals surface area (Å²) >= 11 is 1.59. The van der Waals surface area contributed by atoms with E-state index in [2.05, 4.69) is 5.32 Å². The van der Waals surface area contributed by atoms with Crippen molar-refractivity contribution in [3.05, 3.63) is 53.8 Å². The number of thioether (sulfide) groups is 1. The first-order valence-electron chi connectivity index (χ1n) is 6.59. The lowest BCUT2D eigenvalue weighted by molar-refractivity contribution is -0.115. The standard InChI is InChI=1S/C16H17FN2OS/c1-11-9-14(5-6-15(11)18)21-8-7-16(20)19-13-4-2-3-12(17)10-13/h2-6,9-10H,7-8,18H2,1H3,(H,19,20). The summed E-state index contributed by atoms with van der Waals surface area (Å²) in [6.45, 7) is 1.95. The minimum Gasteiger partial charge on any atom is -0.399 e. The minimum atomic E-state index is -0.362. The van der Waals surface area contributed by atoms with Gasteiger partial charge in [0.1, 0.15) is 5.82 Å². The Balaban J connectivity index is 1.80. The van der Waals surface area contributed by atoms with Gasteiger partial charge in [-0.15, -0.1) is 11.8 Å². The molecule has 0 aliphatic heterocycles. The van der Waals surface area contributed by atoms with Crippen LogP contribution in [0, 0.1) is 12.7 Å². The Morgan fingerprint density at radius 2 is 2.10 bits per heavy atom. The molecule has 0 saturated heterocycles. The van der Waals surface area contributed by atoms with E-state index in [1.165, 1.54) is 12.1 Å². The van der Waals surface area contributed by atoms with Crippen molar-refractivity contribution in [3.8, 4) is 0 Å². The average molecular weight is 304 g/mol. The van der Waals surface area contributed by atoms with E-state index >= 15 is 0 Å². The third-order valence-corrected chi connectivity index (χ3v) is 3.94. The number of amides is 1. The first-order chi connectivity index (χ1) is 10.0. The Hall–Kier alpha value is -2.01. The molecule has 2 aromatic rings. The molecule has 0 unspecified atom stereocenters. The number of hydrogen-bond donors (Lipinski definition) is 2. The highest BCUT2D eigenvalue weighted by Crippen LogP contribution is 2.23. The first kappa shape index (κ1) is 15.4. The van der Waals surface area contributed by atoms with Gasteiger partial charge in [0.2, 0.25) is 5.91 Å².